The Bertz CT molecular complexity index is 988. The Balaban J connectivity index is 1.68. The zero-order chi connectivity index (χ0) is 17.9. The molecule has 1 aliphatic carbocycles. The molecule has 4 rings (SSSR count). The number of allylic oxidation sites excluding steroid dienone is 1. The second kappa shape index (κ2) is 7.46. The Kier molecular flexibility index (Phi) is 4.89. The molecule has 4 nitrogen and oxygen atoms in total. The monoisotopic (exact) mass is 365 g/mol. The third kappa shape index (κ3) is 3.19. The minimum absolute atomic E-state index is 0.0662. The molecule has 1 aliphatic rings. The van der Waals surface area contributed by atoms with Gasteiger partial charge in [-0.2, -0.15) is 0 Å². The smallest absolute Gasteiger partial charge is 0.264 e. The van der Waals surface area contributed by atoms with Crippen LogP contribution in [-0.4, -0.2) is 16.1 Å². The molecule has 0 bridgehead atoms. The fraction of sp³-hybridized carbons (Fsp3) is 0.333. The molecule has 5 heteroatoms. The molecule has 2 heterocycles. The summed E-state index contributed by atoms with van der Waals surface area (Å²) in [6.45, 7) is 5.02. The van der Waals surface area contributed by atoms with Gasteiger partial charge in [-0.1, -0.05) is 36.4 Å². The topological polar surface area (TPSA) is 46.9 Å². The molecule has 0 saturated heterocycles. The van der Waals surface area contributed by atoms with Crippen molar-refractivity contribution in [2.75, 3.05) is 11.9 Å². The van der Waals surface area contributed by atoms with E-state index in [-0.39, 0.29) is 5.56 Å². The lowest BCUT2D eigenvalue weighted by atomic mass is 9.97. The Morgan fingerprint density at radius 1 is 1.23 bits per heavy atom. The molecule has 0 unspecified atom stereocenters. The number of nitrogens with zero attached hydrogens (tertiary/aromatic N) is 2. The number of hydrogen-bond acceptors (Lipinski definition) is 4. The maximum Gasteiger partial charge on any atom is 0.264 e. The number of aromatic nitrogens is 2. The first-order valence-electron chi connectivity index (χ1n) is 9.21. The van der Waals surface area contributed by atoms with Crippen molar-refractivity contribution >= 4 is 27.5 Å². The van der Waals surface area contributed by atoms with Crippen LogP contribution in [0.2, 0.25) is 0 Å². The molecule has 134 valence electrons. The van der Waals surface area contributed by atoms with E-state index >= 15 is 0 Å². The molecule has 0 radical (unpaired) electrons. The third-order valence-corrected chi connectivity index (χ3v) is 6.11. The van der Waals surface area contributed by atoms with E-state index in [1.807, 2.05) is 18.2 Å². The van der Waals surface area contributed by atoms with Crippen LogP contribution in [0.25, 0.3) is 10.2 Å². The molecular formula is C21H23N3OS. The van der Waals surface area contributed by atoms with Gasteiger partial charge in [0.1, 0.15) is 4.83 Å². The zero-order valence-corrected chi connectivity index (χ0v) is 15.6. The van der Waals surface area contributed by atoms with Crippen molar-refractivity contribution in [1.82, 2.24) is 9.55 Å². The average Bonchev–Trinajstić information content (AvgIpc) is 3.04. The maximum atomic E-state index is 13.1. The highest BCUT2D eigenvalue weighted by Gasteiger charge is 2.21. The Morgan fingerprint density at radius 3 is 2.85 bits per heavy atom. The van der Waals surface area contributed by atoms with Crippen LogP contribution in [0, 0.1) is 0 Å². The standard InChI is InChI=1S/C21H23N3OS/c1-2-14-24-20(25)18-16-10-6-7-11-17(16)26-19(18)23-21(24)22-13-12-15-8-4-3-5-9-15/h2-5,8-9H,1,6-7,10-14H2,(H,22,23). The normalized spacial score (nSPS) is 13.5. The molecule has 0 spiro atoms. The van der Waals surface area contributed by atoms with Gasteiger partial charge in [0, 0.05) is 18.0 Å². The summed E-state index contributed by atoms with van der Waals surface area (Å²) in [5.74, 6) is 0.650. The van der Waals surface area contributed by atoms with E-state index in [2.05, 4.69) is 24.0 Å². The average molecular weight is 366 g/mol. The molecule has 1 N–H and O–H groups in total. The van der Waals surface area contributed by atoms with E-state index in [1.54, 1.807) is 22.0 Å². The molecule has 1 aromatic carbocycles. The number of nitrogens with one attached hydrogen (secondary N) is 1. The predicted octanol–water partition coefficient (Wildman–Crippen LogP) is 4.18. The van der Waals surface area contributed by atoms with E-state index in [4.69, 9.17) is 4.98 Å². The van der Waals surface area contributed by atoms with Gasteiger partial charge in [0.25, 0.3) is 5.56 Å². The summed E-state index contributed by atoms with van der Waals surface area (Å²) < 4.78 is 1.72. The first-order chi connectivity index (χ1) is 12.8. The lowest BCUT2D eigenvalue weighted by Crippen LogP contribution is -2.25. The first-order valence-corrected chi connectivity index (χ1v) is 10.0. The van der Waals surface area contributed by atoms with Gasteiger partial charge in [-0.05, 0) is 43.2 Å². The van der Waals surface area contributed by atoms with Gasteiger partial charge in [0.05, 0.1) is 5.39 Å². The van der Waals surface area contributed by atoms with Gasteiger partial charge < -0.3 is 5.32 Å². The predicted molar refractivity (Wildman–Crippen MR) is 109 cm³/mol. The van der Waals surface area contributed by atoms with Crippen LogP contribution in [0.4, 0.5) is 5.95 Å². The highest BCUT2D eigenvalue weighted by atomic mass is 32.1. The lowest BCUT2D eigenvalue weighted by Gasteiger charge is -2.13. The highest BCUT2D eigenvalue weighted by molar-refractivity contribution is 7.18. The van der Waals surface area contributed by atoms with Crippen LogP contribution in [-0.2, 0) is 25.8 Å². The first kappa shape index (κ1) is 17.0. The van der Waals surface area contributed by atoms with Gasteiger partial charge in [0.2, 0.25) is 5.95 Å². The third-order valence-electron chi connectivity index (χ3n) is 4.93. The summed E-state index contributed by atoms with van der Waals surface area (Å²) in [6, 6.07) is 10.3. The van der Waals surface area contributed by atoms with Gasteiger partial charge in [-0.25, -0.2) is 4.98 Å². The van der Waals surface area contributed by atoms with Crippen molar-refractivity contribution in [2.24, 2.45) is 0 Å². The van der Waals surface area contributed by atoms with E-state index in [0.29, 0.717) is 12.5 Å². The van der Waals surface area contributed by atoms with Gasteiger partial charge in [0.15, 0.2) is 0 Å². The Labute approximate surface area is 157 Å². The van der Waals surface area contributed by atoms with Crippen molar-refractivity contribution in [1.29, 1.82) is 0 Å². The summed E-state index contributed by atoms with van der Waals surface area (Å²) in [5, 5.41) is 4.20. The van der Waals surface area contributed by atoms with Crippen molar-refractivity contribution in [2.45, 2.75) is 38.6 Å². The van der Waals surface area contributed by atoms with Crippen LogP contribution in [0.15, 0.2) is 47.8 Å². The van der Waals surface area contributed by atoms with Crippen LogP contribution in [0.5, 0.6) is 0 Å². The second-order valence-electron chi connectivity index (χ2n) is 6.69. The molecule has 0 aliphatic heterocycles. The molecule has 0 fully saturated rings. The fourth-order valence-electron chi connectivity index (χ4n) is 3.64. The fourth-order valence-corrected chi connectivity index (χ4v) is 4.89. The van der Waals surface area contributed by atoms with Crippen molar-refractivity contribution in [3.05, 3.63) is 69.3 Å². The van der Waals surface area contributed by atoms with Crippen molar-refractivity contribution in [3.63, 3.8) is 0 Å². The van der Waals surface area contributed by atoms with E-state index < -0.39 is 0 Å². The Morgan fingerprint density at radius 2 is 2.04 bits per heavy atom. The SMILES string of the molecule is C=CCn1c(NCCc2ccccc2)nc2sc3c(c2c1=O)CCCC3. The summed E-state index contributed by atoms with van der Waals surface area (Å²) in [7, 11) is 0. The number of fused-ring (bicyclic) bond motifs is 3. The highest BCUT2D eigenvalue weighted by Crippen LogP contribution is 2.34. The summed E-state index contributed by atoms with van der Waals surface area (Å²) in [6.07, 6.45) is 7.11. The van der Waals surface area contributed by atoms with Gasteiger partial charge in [-0.3, -0.25) is 9.36 Å². The number of anilines is 1. The zero-order valence-electron chi connectivity index (χ0n) is 14.8. The number of hydrogen-bond donors (Lipinski definition) is 1. The van der Waals surface area contributed by atoms with Crippen LogP contribution >= 0.6 is 11.3 Å². The molecule has 26 heavy (non-hydrogen) atoms. The van der Waals surface area contributed by atoms with Crippen LogP contribution in [0.3, 0.4) is 0 Å². The van der Waals surface area contributed by atoms with Crippen LogP contribution < -0.4 is 10.9 Å². The van der Waals surface area contributed by atoms with E-state index in [0.717, 1.165) is 42.4 Å². The summed E-state index contributed by atoms with van der Waals surface area (Å²) in [4.78, 5) is 20.2. The number of benzene rings is 1. The molecule has 0 atom stereocenters. The largest absolute Gasteiger partial charge is 0.355 e. The van der Waals surface area contributed by atoms with E-state index in [1.165, 1.54) is 22.4 Å². The quantitative estimate of drug-likeness (QED) is 0.667. The summed E-state index contributed by atoms with van der Waals surface area (Å²) in [5.41, 5.74) is 2.57. The molecule has 0 amide bonds. The molecular weight excluding hydrogens is 342 g/mol. The summed E-state index contributed by atoms with van der Waals surface area (Å²) >= 11 is 1.69. The van der Waals surface area contributed by atoms with Crippen molar-refractivity contribution < 1.29 is 0 Å². The van der Waals surface area contributed by atoms with Crippen molar-refractivity contribution in [3.8, 4) is 0 Å². The number of aryl methyl sites for hydroxylation is 2. The lowest BCUT2D eigenvalue weighted by molar-refractivity contribution is 0.698. The Hall–Kier alpha value is -2.40. The second-order valence-corrected chi connectivity index (χ2v) is 7.78. The van der Waals surface area contributed by atoms with E-state index in [9.17, 15) is 4.79 Å². The number of rotatable bonds is 6. The molecule has 3 aromatic rings. The van der Waals surface area contributed by atoms with Crippen LogP contribution in [0.1, 0.15) is 28.8 Å². The van der Waals surface area contributed by atoms with Gasteiger partial charge >= 0.3 is 0 Å². The maximum absolute atomic E-state index is 13.1. The minimum Gasteiger partial charge on any atom is -0.355 e. The molecule has 2 aromatic heterocycles. The van der Waals surface area contributed by atoms with Gasteiger partial charge in [-0.15, -0.1) is 17.9 Å². The minimum atomic E-state index is 0.0662. The molecule has 0 saturated carbocycles. The number of thiophene rings is 1.